The number of hydrogen-bond donors (Lipinski definition) is 2. The Kier molecular flexibility index (Phi) is 4.38. The van der Waals surface area contributed by atoms with Gasteiger partial charge >= 0.3 is 6.03 Å². The third-order valence-corrected chi connectivity index (χ3v) is 4.84. The van der Waals surface area contributed by atoms with E-state index >= 15 is 0 Å². The van der Waals surface area contributed by atoms with Gasteiger partial charge in [-0.3, -0.25) is 5.32 Å². The first kappa shape index (κ1) is 15.7. The second kappa shape index (κ2) is 6.98. The van der Waals surface area contributed by atoms with E-state index in [1.54, 1.807) is 11.0 Å². The molecule has 0 saturated heterocycles. The number of amides is 2. The van der Waals surface area contributed by atoms with Crippen LogP contribution in [-0.2, 0) is 13.1 Å². The predicted octanol–water partition coefficient (Wildman–Crippen LogP) is 2.38. The zero-order valence-electron chi connectivity index (χ0n) is 13.4. The van der Waals surface area contributed by atoms with E-state index in [0.29, 0.717) is 24.1 Å². The van der Waals surface area contributed by atoms with Crippen molar-refractivity contribution in [3.63, 3.8) is 0 Å². The Labute approximate surface area is 148 Å². The number of carbonyl (C=O) groups is 1. The number of anilines is 1. The van der Waals surface area contributed by atoms with Gasteiger partial charge in [-0.05, 0) is 24.0 Å². The molecule has 0 bridgehead atoms. The van der Waals surface area contributed by atoms with Crippen LogP contribution in [-0.4, -0.2) is 31.0 Å². The molecule has 25 heavy (non-hydrogen) atoms. The number of hydrogen-bond acceptors (Lipinski definition) is 6. The first-order valence-corrected chi connectivity index (χ1v) is 8.86. The van der Waals surface area contributed by atoms with Crippen molar-refractivity contribution in [3.05, 3.63) is 53.1 Å². The molecule has 2 amide bonds. The molecule has 4 rings (SSSR count). The van der Waals surface area contributed by atoms with Crippen LogP contribution in [0.1, 0.15) is 34.9 Å². The average molecular weight is 355 g/mol. The van der Waals surface area contributed by atoms with Crippen molar-refractivity contribution in [2.24, 2.45) is 0 Å². The minimum atomic E-state index is -0.278. The lowest BCUT2D eigenvalue weighted by Gasteiger charge is -2.07. The fourth-order valence-corrected chi connectivity index (χ4v) is 3.35. The van der Waals surface area contributed by atoms with Gasteiger partial charge in [-0.1, -0.05) is 35.6 Å². The summed E-state index contributed by atoms with van der Waals surface area (Å²) in [7, 11) is 0. The molecule has 0 radical (unpaired) electrons. The number of rotatable bonds is 6. The maximum atomic E-state index is 12.0. The number of nitrogens with one attached hydrogen (secondary N) is 2. The highest BCUT2D eigenvalue weighted by Gasteiger charge is 2.27. The quantitative estimate of drug-likeness (QED) is 0.707. The van der Waals surface area contributed by atoms with Crippen LogP contribution < -0.4 is 10.6 Å². The summed E-state index contributed by atoms with van der Waals surface area (Å²) in [5.41, 5.74) is 2.12. The fourth-order valence-electron chi connectivity index (χ4n) is 2.44. The largest absolute Gasteiger partial charge is 0.334 e. The van der Waals surface area contributed by atoms with Crippen LogP contribution in [0.3, 0.4) is 0 Å². The molecule has 0 aliphatic heterocycles. The molecule has 2 N–H and O–H groups in total. The van der Waals surface area contributed by atoms with E-state index < -0.39 is 0 Å². The van der Waals surface area contributed by atoms with E-state index in [0.717, 1.165) is 16.1 Å². The molecule has 2 aromatic heterocycles. The monoisotopic (exact) mass is 355 g/mol. The lowest BCUT2D eigenvalue weighted by atomic mass is 10.1. The molecule has 128 valence electrons. The molecule has 0 atom stereocenters. The Morgan fingerprint density at radius 2 is 2.16 bits per heavy atom. The molecule has 0 spiro atoms. The number of benzene rings is 1. The van der Waals surface area contributed by atoms with Crippen molar-refractivity contribution in [2.75, 3.05) is 5.32 Å². The van der Waals surface area contributed by atoms with Crippen LogP contribution in [0.5, 0.6) is 0 Å². The molecule has 1 saturated carbocycles. The topological polar surface area (TPSA) is 97.6 Å². The molecular formula is C16H17N7OS. The molecule has 3 aromatic rings. The minimum Gasteiger partial charge on any atom is -0.334 e. The standard InChI is InChI=1S/C16H17N7OS/c24-15(20-16-22-21-14(25-16)13-4-5-13)18-7-11-2-1-3-12(6-11)8-23-10-17-9-19-23/h1-3,6,9-10,13H,4-5,7-8H2,(H2,18,20,22,24). The first-order chi connectivity index (χ1) is 12.3. The third-order valence-electron chi connectivity index (χ3n) is 3.84. The van der Waals surface area contributed by atoms with Crippen LogP contribution in [0.4, 0.5) is 9.93 Å². The van der Waals surface area contributed by atoms with Crippen molar-refractivity contribution < 1.29 is 4.79 Å². The highest BCUT2D eigenvalue weighted by atomic mass is 32.1. The van der Waals surface area contributed by atoms with Gasteiger partial charge in [-0.2, -0.15) is 5.10 Å². The summed E-state index contributed by atoms with van der Waals surface area (Å²) in [4.78, 5) is 15.9. The Morgan fingerprint density at radius 3 is 2.96 bits per heavy atom. The number of carbonyl (C=O) groups excluding carboxylic acids is 1. The van der Waals surface area contributed by atoms with E-state index in [2.05, 4.69) is 30.9 Å². The molecule has 1 aromatic carbocycles. The maximum absolute atomic E-state index is 12.0. The SMILES string of the molecule is O=C(NCc1cccc(Cn2cncn2)c1)Nc1nnc(C2CC2)s1. The van der Waals surface area contributed by atoms with E-state index in [-0.39, 0.29) is 6.03 Å². The molecule has 8 nitrogen and oxygen atoms in total. The summed E-state index contributed by atoms with van der Waals surface area (Å²) < 4.78 is 1.76. The third kappa shape index (κ3) is 4.18. The van der Waals surface area contributed by atoms with E-state index in [1.807, 2.05) is 24.3 Å². The Balaban J connectivity index is 1.30. The molecule has 0 unspecified atom stereocenters. The van der Waals surface area contributed by atoms with Gasteiger partial charge in [0.05, 0.1) is 6.54 Å². The van der Waals surface area contributed by atoms with Crippen molar-refractivity contribution in [1.82, 2.24) is 30.3 Å². The fraction of sp³-hybridized carbons (Fsp3) is 0.312. The van der Waals surface area contributed by atoms with Crippen LogP contribution in [0, 0.1) is 0 Å². The summed E-state index contributed by atoms with van der Waals surface area (Å²) in [6.07, 6.45) is 5.53. The Bertz CT molecular complexity index is 857. The average Bonchev–Trinajstić information content (AvgIpc) is 3.14. The van der Waals surface area contributed by atoms with Gasteiger partial charge in [-0.25, -0.2) is 14.5 Å². The van der Waals surface area contributed by atoms with Gasteiger partial charge in [0.1, 0.15) is 17.7 Å². The number of urea groups is 1. The van der Waals surface area contributed by atoms with Crippen molar-refractivity contribution in [3.8, 4) is 0 Å². The van der Waals surface area contributed by atoms with Crippen molar-refractivity contribution in [1.29, 1.82) is 0 Å². The highest BCUT2D eigenvalue weighted by molar-refractivity contribution is 7.15. The van der Waals surface area contributed by atoms with Crippen LogP contribution in [0.15, 0.2) is 36.9 Å². The molecule has 1 aliphatic carbocycles. The van der Waals surface area contributed by atoms with E-state index in [1.165, 1.54) is 30.5 Å². The lowest BCUT2D eigenvalue weighted by Crippen LogP contribution is -2.28. The van der Waals surface area contributed by atoms with Crippen molar-refractivity contribution in [2.45, 2.75) is 31.8 Å². The lowest BCUT2D eigenvalue weighted by molar-refractivity contribution is 0.251. The molecule has 9 heteroatoms. The smallest absolute Gasteiger partial charge is 0.321 e. The minimum absolute atomic E-state index is 0.278. The normalized spacial score (nSPS) is 13.6. The highest BCUT2D eigenvalue weighted by Crippen LogP contribution is 2.41. The number of nitrogens with zero attached hydrogens (tertiary/aromatic N) is 5. The second-order valence-corrected chi connectivity index (χ2v) is 6.95. The van der Waals surface area contributed by atoms with Crippen molar-refractivity contribution >= 4 is 22.5 Å². The predicted molar refractivity (Wildman–Crippen MR) is 93.3 cm³/mol. The van der Waals surface area contributed by atoms with Gasteiger partial charge in [-0.15, -0.1) is 10.2 Å². The summed E-state index contributed by atoms with van der Waals surface area (Å²) in [5, 5.41) is 19.3. The molecule has 1 aliphatic rings. The summed E-state index contributed by atoms with van der Waals surface area (Å²) >= 11 is 1.45. The summed E-state index contributed by atoms with van der Waals surface area (Å²) in [5.74, 6) is 0.545. The number of aromatic nitrogens is 5. The molecule has 1 fully saturated rings. The first-order valence-electron chi connectivity index (χ1n) is 8.05. The van der Waals surface area contributed by atoms with Crippen LogP contribution in [0.2, 0.25) is 0 Å². The van der Waals surface area contributed by atoms with Gasteiger partial charge in [0, 0.05) is 12.5 Å². The Hall–Kier alpha value is -2.81. The van der Waals surface area contributed by atoms with Crippen LogP contribution >= 0.6 is 11.3 Å². The molecular weight excluding hydrogens is 338 g/mol. The zero-order valence-corrected chi connectivity index (χ0v) is 14.2. The summed E-state index contributed by atoms with van der Waals surface area (Å²) in [6, 6.07) is 7.72. The molecule has 2 heterocycles. The van der Waals surface area contributed by atoms with Gasteiger partial charge in [0.2, 0.25) is 5.13 Å². The second-order valence-electron chi connectivity index (χ2n) is 5.94. The maximum Gasteiger partial charge on any atom is 0.321 e. The Morgan fingerprint density at radius 1 is 1.28 bits per heavy atom. The van der Waals surface area contributed by atoms with Gasteiger partial charge < -0.3 is 5.32 Å². The zero-order chi connectivity index (χ0) is 17.1. The van der Waals surface area contributed by atoms with Crippen LogP contribution in [0.25, 0.3) is 0 Å². The summed E-state index contributed by atoms with van der Waals surface area (Å²) in [6.45, 7) is 1.08. The van der Waals surface area contributed by atoms with E-state index in [4.69, 9.17) is 0 Å². The van der Waals surface area contributed by atoms with Gasteiger partial charge in [0.15, 0.2) is 0 Å². The van der Waals surface area contributed by atoms with Gasteiger partial charge in [0.25, 0.3) is 0 Å². The van der Waals surface area contributed by atoms with E-state index in [9.17, 15) is 4.79 Å².